The standard InChI is InChI=1S/C44H60N4O9S/c1-11-36-44(8)39(47-42(53)57-44)27(5)37(49)24(2)21-43(7,54-16-12-13-33-14-15-35(58-33)29-18-30(40(45)51)23-46-22-29)34(26(4)38(50)28(6)41(52)56-36)20-32-19-31(48(9)10)17-25(3)55-32/h14-15,18,22-28,31-32,34,36,39H,11,16-17,19-21H2,1-10H3,(H2,45,51)(H,47,53)/t24-,25-,26-,27+,28-,31+,32?,34-,36-,39?,43+,44-/m1/s1. The number of ketones is 2. The first-order valence-electron chi connectivity index (χ1n) is 20.3. The molecule has 2 aromatic heterocycles. The van der Waals surface area contributed by atoms with E-state index in [4.69, 9.17) is 24.7 Å². The van der Waals surface area contributed by atoms with Gasteiger partial charge in [-0.15, -0.1) is 11.3 Å². The van der Waals surface area contributed by atoms with Gasteiger partial charge in [-0.1, -0.05) is 39.5 Å². The van der Waals surface area contributed by atoms with Crippen molar-refractivity contribution in [3.8, 4) is 22.3 Å². The van der Waals surface area contributed by atoms with Crippen molar-refractivity contribution in [2.75, 3.05) is 20.7 Å². The van der Waals surface area contributed by atoms with Gasteiger partial charge in [0.1, 0.15) is 30.2 Å². The molecule has 14 heteroatoms. The van der Waals surface area contributed by atoms with Gasteiger partial charge < -0.3 is 34.9 Å². The van der Waals surface area contributed by atoms with Crippen LogP contribution < -0.4 is 11.1 Å². The predicted molar refractivity (Wildman–Crippen MR) is 220 cm³/mol. The fourth-order valence-electron chi connectivity index (χ4n) is 9.30. The van der Waals surface area contributed by atoms with Crippen LogP contribution in [0.3, 0.4) is 0 Å². The molecule has 0 aliphatic carbocycles. The average Bonchev–Trinajstić information content (AvgIpc) is 3.79. The van der Waals surface area contributed by atoms with Gasteiger partial charge in [0.2, 0.25) is 5.91 Å². The zero-order valence-corrected chi connectivity index (χ0v) is 36.3. The summed E-state index contributed by atoms with van der Waals surface area (Å²) in [5, 5.41) is 2.83. The van der Waals surface area contributed by atoms with Crippen LogP contribution in [0.4, 0.5) is 4.79 Å². The minimum Gasteiger partial charge on any atom is -0.458 e. The maximum atomic E-state index is 14.5. The van der Waals surface area contributed by atoms with Crippen molar-refractivity contribution in [2.45, 2.75) is 129 Å². The monoisotopic (exact) mass is 820 g/mol. The topological polar surface area (TPSA) is 176 Å². The second-order valence-electron chi connectivity index (χ2n) is 17.1. The van der Waals surface area contributed by atoms with Gasteiger partial charge in [-0.2, -0.15) is 0 Å². The molecular formula is C44H60N4O9S. The molecule has 12 atom stereocenters. The summed E-state index contributed by atoms with van der Waals surface area (Å²) >= 11 is 1.43. The molecule has 2 unspecified atom stereocenters. The Hall–Kier alpha value is -4.16. The normalized spacial score (nSPS) is 34.9. The van der Waals surface area contributed by atoms with Gasteiger partial charge in [0.15, 0.2) is 5.60 Å². The van der Waals surface area contributed by atoms with Crippen molar-refractivity contribution in [1.82, 2.24) is 15.2 Å². The lowest BCUT2D eigenvalue weighted by molar-refractivity contribution is -0.173. The number of pyridine rings is 1. The highest BCUT2D eigenvalue weighted by Crippen LogP contribution is 2.43. The molecule has 3 aliphatic heterocycles. The highest BCUT2D eigenvalue weighted by atomic mass is 32.1. The molecule has 0 spiro atoms. The number of hydrogen-bond acceptors (Lipinski definition) is 12. The number of esters is 1. The van der Waals surface area contributed by atoms with Crippen LogP contribution in [0.25, 0.3) is 10.4 Å². The smallest absolute Gasteiger partial charge is 0.408 e. The minimum absolute atomic E-state index is 0.0149. The summed E-state index contributed by atoms with van der Waals surface area (Å²) in [6.07, 6.45) is 3.83. The second-order valence-corrected chi connectivity index (χ2v) is 18.2. The molecule has 5 heterocycles. The Morgan fingerprint density at radius 1 is 1.05 bits per heavy atom. The van der Waals surface area contributed by atoms with Gasteiger partial charge in [0.05, 0.1) is 34.3 Å². The Morgan fingerprint density at radius 3 is 2.45 bits per heavy atom. The van der Waals surface area contributed by atoms with E-state index in [2.05, 4.69) is 48.1 Å². The van der Waals surface area contributed by atoms with Crippen molar-refractivity contribution in [3.63, 3.8) is 0 Å². The Kier molecular flexibility index (Phi) is 14.3. The van der Waals surface area contributed by atoms with E-state index in [1.165, 1.54) is 17.5 Å². The maximum Gasteiger partial charge on any atom is 0.408 e. The molecule has 2 amide bonds. The number of fused-ring (bicyclic) bond motifs is 1. The quantitative estimate of drug-likeness (QED) is 0.187. The lowest BCUT2D eigenvalue weighted by Crippen LogP contribution is -2.57. The summed E-state index contributed by atoms with van der Waals surface area (Å²) in [5.74, 6) is 1.01. The third-order valence-corrected chi connectivity index (χ3v) is 13.7. The lowest BCUT2D eigenvalue weighted by atomic mass is 9.68. The molecule has 0 saturated carbocycles. The number of primary amides is 1. The van der Waals surface area contributed by atoms with Crippen molar-refractivity contribution in [1.29, 1.82) is 0 Å². The number of ether oxygens (including phenoxy) is 4. The molecule has 13 nitrogen and oxygen atoms in total. The van der Waals surface area contributed by atoms with E-state index >= 15 is 0 Å². The zero-order valence-electron chi connectivity index (χ0n) is 35.5. The lowest BCUT2D eigenvalue weighted by Gasteiger charge is -2.46. The number of thiophene rings is 1. The Bertz CT molecular complexity index is 1920. The third kappa shape index (κ3) is 9.82. The number of carbonyl (C=O) groups is 5. The summed E-state index contributed by atoms with van der Waals surface area (Å²) in [7, 11) is 4.11. The van der Waals surface area contributed by atoms with Crippen LogP contribution in [0.1, 0.15) is 103 Å². The van der Waals surface area contributed by atoms with E-state index in [9.17, 15) is 24.0 Å². The first kappa shape index (κ1) is 44.9. The van der Waals surface area contributed by atoms with Crippen LogP contribution in [0.15, 0.2) is 30.6 Å². The predicted octanol–water partition coefficient (Wildman–Crippen LogP) is 5.82. The molecule has 3 aliphatic rings. The number of carbonyl (C=O) groups excluding carboxylic acids is 5. The number of cyclic esters (lactones) is 1. The number of nitrogens with two attached hydrogens (primary N) is 1. The summed E-state index contributed by atoms with van der Waals surface area (Å²) < 4.78 is 25.2. The van der Waals surface area contributed by atoms with E-state index in [1.807, 2.05) is 39.8 Å². The maximum absolute atomic E-state index is 14.5. The van der Waals surface area contributed by atoms with Crippen LogP contribution in [-0.4, -0.2) is 102 Å². The molecule has 58 heavy (non-hydrogen) atoms. The highest BCUT2D eigenvalue weighted by molar-refractivity contribution is 7.16. The molecule has 3 fully saturated rings. The van der Waals surface area contributed by atoms with Crippen molar-refractivity contribution < 1.29 is 42.9 Å². The Balaban J connectivity index is 1.52. The van der Waals surface area contributed by atoms with E-state index < -0.39 is 70.9 Å². The van der Waals surface area contributed by atoms with Crippen molar-refractivity contribution >= 4 is 40.9 Å². The largest absolute Gasteiger partial charge is 0.458 e. The van der Waals surface area contributed by atoms with Gasteiger partial charge in [0.25, 0.3) is 0 Å². The number of amides is 2. The summed E-state index contributed by atoms with van der Waals surface area (Å²) in [5.41, 5.74) is 4.06. The van der Waals surface area contributed by atoms with Gasteiger partial charge in [-0.25, -0.2) is 4.79 Å². The number of nitrogens with zero attached hydrogens (tertiary/aromatic N) is 2. The number of rotatable bonds is 8. The molecule has 3 saturated heterocycles. The molecule has 2 aromatic rings. The summed E-state index contributed by atoms with van der Waals surface area (Å²) in [4.78, 5) is 75.3. The Labute approximate surface area is 346 Å². The highest BCUT2D eigenvalue weighted by Gasteiger charge is 2.57. The molecule has 0 radical (unpaired) electrons. The molecule has 3 N–H and O–H groups in total. The van der Waals surface area contributed by atoms with E-state index in [1.54, 1.807) is 33.0 Å². The van der Waals surface area contributed by atoms with Crippen molar-refractivity contribution in [2.24, 2.45) is 35.3 Å². The van der Waals surface area contributed by atoms with Crippen LogP contribution >= 0.6 is 11.3 Å². The molecule has 5 rings (SSSR count). The van der Waals surface area contributed by atoms with Crippen LogP contribution in [-0.2, 0) is 33.3 Å². The van der Waals surface area contributed by atoms with Crippen LogP contribution in [0, 0.1) is 41.4 Å². The van der Waals surface area contributed by atoms with E-state index in [0.29, 0.717) is 18.4 Å². The Morgan fingerprint density at radius 2 is 1.78 bits per heavy atom. The van der Waals surface area contributed by atoms with Gasteiger partial charge in [0, 0.05) is 46.6 Å². The number of alkyl carbamates (subject to hydrolysis) is 1. The number of Topliss-reactive ketones (excluding diaryl/α,β-unsaturated/α-hetero) is 2. The van der Waals surface area contributed by atoms with Gasteiger partial charge >= 0.3 is 12.1 Å². The second kappa shape index (κ2) is 18.4. The van der Waals surface area contributed by atoms with Gasteiger partial charge in [-0.3, -0.25) is 24.2 Å². The number of aromatic nitrogens is 1. The fraction of sp³-hybridized carbons (Fsp3) is 0.636. The van der Waals surface area contributed by atoms with Gasteiger partial charge in [-0.05, 0) is 98.0 Å². The molecule has 0 aromatic carbocycles. The SMILES string of the molecule is CC[C@H]1OC(=O)[C@H](C)C(=O)[C@H](C)[C@@H](CC2C[C@@H](N(C)C)C[C@@H](C)O2)[C@@](C)(OCC#Cc2ccc(-c3cncc(C(N)=O)c3)s2)C[C@@H](C)C(=O)[C@H](C)C2NC(=O)O[C@@]21C. The van der Waals surface area contributed by atoms with E-state index in [0.717, 1.165) is 28.2 Å². The summed E-state index contributed by atoms with van der Waals surface area (Å²) in [6, 6.07) is 4.94. The average molecular weight is 821 g/mol. The molecule has 316 valence electrons. The fourth-order valence-corrected chi connectivity index (χ4v) is 10.2. The zero-order chi connectivity index (χ0) is 42.7. The van der Waals surface area contributed by atoms with Crippen LogP contribution in [0.5, 0.6) is 0 Å². The molecular weight excluding hydrogens is 761 g/mol. The van der Waals surface area contributed by atoms with Crippen LogP contribution in [0.2, 0.25) is 0 Å². The molecule has 0 bridgehead atoms. The van der Waals surface area contributed by atoms with Crippen molar-refractivity contribution in [3.05, 3.63) is 41.0 Å². The van der Waals surface area contributed by atoms with E-state index in [-0.39, 0.29) is 42.8 Å². The number of hydrogen-bond donors (Lipinski definition) is 2. The first-order chi connectivity index (χ1) is 27.3. The first-order valence-corrected chi connectivity index (χ1v) is 21.2. The third-order valence-electron chi connectivity index (χ3n) is 12.6. The summed E-state index contributed by atoms with van der Waals surface area (Å²) in [6.45, 7) is 14.5. The number of nitrogens with one attached hydrogen (secondary N) is 1. The minimum atomic E-state index is -1.35.